The zero-order chi connectivity index (χ0) is 7.68. The minimum absolute atomic E-state index is 0.928. The molecule has 2 fully saturated rings. The quantitative estimate of drug-likeness (QED) is 0.598. The lowest BCUT2D eigenvalue weighted by atomic mass is 9.80. The summed E-state index contributed by atoms with van der Waals surface area (Å²) in [5, 5.41) is 3.39. The maximum atomic E-state index is 3.39. The zero-order valence-corrected chi connectivity index (χ0v) is 7.34. The Morgan fingerprint density at radius 1 is 1.18 bits per heavy atom. The Kier molecular flexibility index (Phi) is 2.14. The normalized spacial score (nSPS) is 40.1. The number of piperazine rings is 1. The van der Waals surface area contributed by atoms with Gasteiger partial charge in [0.25, 0.3) is 0 Å². The third-order valence-electron chi connectivity index (χ3n) is 3.20. The van der Waals surface area contributed by atoms with Gasteiger partial charge in [-0.3, -0.25) is 4.90 Å². The van der Waals surface area contributed by atoms with Crippen molar-refractivity contribution >= 4 is 0 Å². The van der Waals surface area contributed by atoms with E-state index in [-0.39, 0.29) is 0 Å². The van der Waals surface area contributed by atoms with Gasteiger partial charge in [-0.05, 0) is 18.8 Å². The molecular formula is C9H18N2. The van der Waals surface area contributed by atoms with Gasteiger partial charge in [-0.15, -0.1) is 0 Å². The minimum Gasteiger partial charge on any atom is -0.314 e. The van der Waals surface area contributed by atoms with E-state index in [4.69, 9.17) is 0 Å². The Balaban J connectivity index is 1.83. The summed E-state index contributed by atoms with van der Waals surface area (Å²) < 4.78 is 0. The molecule has 2 nitrogen and oxygen atoms in total. The summed E-state index contributed by atoms with van der Waals surface area (Å²) in [6.45, 7) is 7.33. The molecule has 1 saturated heterocycles. The molecule has 1 N–H and O–H groups in total. The molecule has 0 aromatic carbocycles. The largest absolute Gasteiger partial charge is 0.314 e. The van der Waals surface area contributed by atoms with Crippen molar-refractivity contribution in [3.05, 3.63) is 0 Å². The molecule has 1 aliphatic carbocycles. The van der Waals surface area contributed by atoms with E-state index >= 15 is 0 Å². The van der Waals surface area contributed by atoms with Crippen LogP contribution in [-0.2, 0) is 0 Å². The molecule has 2 heteroatoms. The van der Waals surface area contributed by atoms with Crippen LogP contribution in [0.1, 0.15) is 19.8 Å². The molecule has 0 amide bonds. The molecule has 0 spiro atoms. The fourth-order valence-electron chi connectivity index (χ4n) is 2.21. The minimum atomic E-state index is 0.928. The van der Waals surface area contributed by atoms with Crippen LogP contribution in [0.4, 0.5) is 0 Å². The Hall–Kier alpha value is -0.0800. The molecule has 1 saturated carbocycles. The number of nitrogens with one attached hydrogen (secondary N) is 1. The smallest absolute Gasteiger partial charge is 0.0122 e. The van der Waals surface area contributed by atoms with E-state index in [9.17, 15) is 0 Å². The van der Waals surface area contributed by atoms with E-state index in [2.05, 4.69) is 17.1 Å². The monoisotopic (exact) mass is 154 g/mol. The maximum Gasteiger partial charge on any atom is 0.0122 e. The van der Waals surface area contributed by atoms with Gasteiger partial charge in [-0.1, -0.05) is 6.92 Å². The molecule has 2 rings (SSSR count). The number of hydrogen-bond donors (Lipinski definition) is 1. The van der Waals surface area contributed by atoms with E-state index in [0.717, 1.165) is 12.0 Å². The summed E-state index contributed by atoms with van der Waals surface area (Å²) in [4.78, 5) is 2.66. The van der Waals surface area contributed by atoms with Gasteiger partial charge in [0, 0.05) is 32.2 Å². The van der Waals surface area contributed by atoms with Gasteiger partial charge in [0.05, 0.1) is 0 Å². The van der Waals surface area contributed by atoms with E-state index in [1.807, 2.05) is 0 Å². The predicted molar refractivity (Wildman–Crippen MR) is 46.6 cm³/mol. The van der Waals surface area contributed by atoms with Crippen molar-refractivity contribution < 1.29 is 0 Å². The summed E-state index contributed by atoms with van der Waals surface area (Å²) in [6.07, 6.45) is 2.90. The van der Waals surface area contributed by atoms with E-state index < -0.39 is 0 Å². The van der Waals surface area contributed by atoms with Crippen LogP contribution in [0.25, 0.3) is 0 Å². The first-order valence-electron chi connectivity index (χ1n) is 4.82. The molecular weight excluding hydrogens is 136 g/mol. The third kappa shape index (κ3) is 1.42. The highest BCUT2D eigenvalue weighted by Gasteiger charge is 2.32. The van der Waals surface area contributed by atoms with E-state index in [0.29, 0.717) is 0 Å². The highest BCUT2D eigenvalue weighted by atomic mass is 15.2. The first kappa shape index (κ1) is 7.56. The second-order valence-electron chi connectivity index (χ2n) is 3.91. The summed E-state index contributed by atoms with van der Waals surface area (Å²) in [5.41, 5.74) is 0. The van der Waals surface area contributed by atoms with Crippen LogP contribution in [-0.4, -0.2) is 37.1 Å². The van der Waals surface area contributed by atoms with Crippen LogP contribution >= 0.6 is 0 Å². The van der Waals surface area contributed by atoms with Crippen LogP contribution in [0.2, 0.25) is 0 Å². The SMILES string of the molecule is CC1CC[C@H]1N1CCNCC1. The van der Waals surface area contributed by atoms with Crippen LogP contribution in [0.5, 0.6) is 0 Å². The lowest BCUT2D eigenvalue weighted by Gasteiger charge is -2.44. The van der Waals surface area contributed by atoms with Crippen molar-refractivity contribution in [2.45, 2.75) is 25.8 Å². The zero-order valence-electron chi connectivity index (χ0n) is 7.34. The fourth-order valence-corrected chi connectivity index (χ4v) is 2.21. The summed E-state index contributed by atoms with van der Waals surface area (Å²) in [7, 11) is 0. The van der Waals surface area contributed by atoms with Gasteiger partial charge in [-0.25, -0.2) is 0 Å². The highest BCUT2D eigenvalue weighted by molar-refractivity contribution is 4.87. The molecule has 0 aromatic rings. The van der Waals surface area contributed by atoms with Crippen LogP contribution in [0.15, 0.2) is 0 Å². The van der Waals surface area contributed by atoms with Crippen LogP contribution in [0.3, 0.4) is 0 Å². The molecule has 11 heavy (non-hydrogen) atoms. The Morgan fingerprint density at radius 3 is 2.36 bits per heavy atom. The summed E-state index contributed by atoms with van der Waals surface area (Å²) >= 11 is 0. The Morgan fingerprint density at radius 2 is 1.91 bits per heavy atom. The van der Waals surface area contributed by atoms with Crippen molar-refractivity contribution in [1.82, 2.24) is 10.2 Å². The van der Waals surface area contributed by atoms with Crippen molar-refractivity contribution in [2.75, 3.05) is 26.2 Å². The first-order chi connectivity index (χ1) is 5.38. The van der Waals surface area contributed by atoms with Gasteiger partial charge >= 0.3 is 0 Å². The molecule has 64 valence electrons. The molecule has 0 radical (unpaired) electrons. The predicted octanol–water partition coefficient (Wildman–Crippen LogP) is 0.690. The molecule has 1 aliphatic heterocycles. The number of hydrogen-bond acceptors (Lipinski definition) is 2. The van der Waals surface area contributed by atoms with Gasteiger partial charge in [0.2, 0.25) is 0 Å². The summed E-state index contributed by atoms with van der Waals surface area (Å²) in [6, 6.07) is 0.928. The van der Waals surface area contributed by atoms with E-state index in [1.54, 1.807) is 0 Å². The van der Waals surface area contributed by atoms with Crippen molar-refractivity contribution in [3.63, 3.8) is 0 Å². The van der Waals surface area contributed by atoms with Crippen molar-refractivity contribution in [3.8, 4) is 0 Å². The Bertz CT molecular complexity index is 130. The molecule has 0 aromatic heterocycles. The lowest BCUT2D eigenvalue weighted by Crippen LogP contribution is -2.53. The topological polar surface area (TPSA) is 15.3 Å². The summed E-state index contributed by atoms with van der Waals surface area (Å²) in [5.74, 6) is 0.966. The standard InChI is InChI=1S/C9H18N2/c1-8-2-3-9(8)11-6-4-10-5-7-11/h8-10H,2-7H2,1H3/t8?,9-/m1/s1. The van der Waals surface area contributed by atoms with Gasteiger partial charge in [0.1, 0.15) is 0 Å². The van der Waals surface area contributed by atoms with Gasteiger partial charge in [0.15, 0.2) is 0 Å². The molecule has 1 heterocycles. The Labute approximate surface area is 69.0 Å². The third-order valence-corrected chi connectivity index (χ3v) is 3.20. The average molecular weight is 154 g/mol. The number of nitrogens with zero attached hydrogens (tertiary/aromatic N) is 1. The molecule has 2 atom stereocenters. The molecule has 0 bridgehead atoms. The van der Waals surface area contributed by atoms with Crippen molar-refractivity contribution in [1.29, 1.82) is 0 Å². The fraction of sp³-hybridized carbons (Fsp3) is 1.00. The first-order valence-corrected chi connectivity index (χ1v) is 4.82. The van der Waals surface area contributed by atoms with Crippen molar-refractivity contribution in [2.24, 2.45) is 5.92 Å². The lowest BCUT2D eigenvalue weighted by molar-refractivity contribution is 0.0618. The molecule has 2 aliphatic rings. The highest BCUT2D eigenvalue weighted by Crippen LogP contribution is 2.31. The second kappa shape index (κ2) is 3.11. The maximum absolute atomic E-state index is 3.39. The van der Waals surface area contributed by atoms with Crippen LogP contribution < -0.4 is 5.32 Å². The van der Waals surface area contributed by atoms with Gasteiger partial charge < -0.3 is 5.32 Å². The average Bonchev–Trinajstić information content (AvgIpc) is 2.04. The van der Waals surface area contributed by atoms with Gasteiger partial charge in [-0.2, -0.15) is 0 Å². The van der Waals surface area contributed by atoms with E-state index in [1.165, 1.54) is 39.0 Å². The molecule has 1 unspecified atom stereocenters. The number of rotatable bonds is 1. The van der Waals surface area contributed by atoms with Crippen LogP contribution in [0, 0.1) is 5.92 Å². The second-order valence-corrected chi connectivity index (χ2v) is 3.91.